The van der Waals surface area contributed by atoms with E-state index in [2.05, 4.69) is 32.1 Å². The first-order chi connectivity index (χ1) is 29.3. The van der Waals surface area contributed by atoms with E-state index in [4.69, 9.17) is 0 Å². The largest absolute Gasteiger partial charge is 0.459 e. The van der Waals surface area contributed by atoms with Gasteiger partial charge >= 0.3 is 61.3 Å². The highest BCUT2D eigenvalue weighted by molar-refractivity contribution is 5.89. The van der Waals surface area contributed by atoms with Crippen molar-refractivity contribution < 1.29 is 144 Å². The highest BCUT2D eigenvalue weighted by Crippen LogP contribution is 2.59. The van der Waals surface area contributed by atoms with Crippen LogP contribution >= 0.6 is 0 Å². The van der Waals surface area contributed by atoms with Crippen LogP contribution in [0.15, 0.2) is 24.3 Å². The second kappa shape index (κ2) is 19.8. The molecule has 0 bridgehead atoms. The summed E-state index contributed by atoms with van der Waals surface area (Å²) in [6.45, 7) is 4.17. The van der Waals surface area contributed by atoms with E-state index in [1.54, 1.807) is 0 Å². The number of esters is 2. The molecule has 0 aromatic rings. The SMILES string of the molecule is C=C(C(=O)OC1CC(C(C)(C)C(F)(F)F)CC(C(OCOC)(C(F)(F)F)C(F)(F)F)C1)C(F)(F)F.C=C(C(=O)OC1CC(C(C)(O)C(F)(F)F)CC(C(O)(C(F)(F)F)C(F)(F)F)C1)C(F)(F)F. The van der Waals surface area contributed by atoms with Crippen LogP contribution in [0.5, 0.6) is 0 Å². The Hall–Kier alpha value is -3.42. The van der Waals surface area contributed by atoms with Crippen LogP contribution in [0, 0.1) is 29.1 Å². The number of carbonyl (C=O) groups excluding carboxylic acids is 2. The van der Waals surface area contributed by atoms with Crippen LogP contribution < -0.4 is 0 Å². The first-order valence-electron chi connectivity index (χ1n) is 18.2. The van der Waals surface area contributed by atoms with Crippen LogP contribution in [0.1, 0.15) is 59.3 Å². The van der Waals surface area contributed by atoms with Crippen molar-refractivity contribution in [3.8, 4) is 0 Å². The Morgan fingerprint density at radius 1 is 0.478 bits per heavy atom. The number of hydrogen-bond donors (Lipinski definition) is 2. The monoisotopic (exact) mass is 1040 g/mol. The van der Waals surface area contributed by atoms with Gasteiger partial charge in [0.05, 0.1) is 5.41 Å². The lowest BCUT2D eigenvalue weighted by atomic mass is 9.63. The maximum absolute atomic E-state index is 13.9. The molecule has 394 valence electrons. The lowest BCUT2D eigenvalue weighted by Crippen LogP contribution is -2.65. The highest BCUT2D eigenvalue weighted by Gasteiger charge is 2.77. The standard InChI is InChI=1S/C19H22F12O4.C16H16F12O4/c1-9(16(20,21)22)13(32)35-12-6-10(14(2,3)17(23,24)25)5-11(7-12)15(18(26,27)28,19(29,30)31)34-8-33-4;1-6(13(17,18)19)10(29)32-9-4-7(11(2,30)14(20,21)22)3-8(5-9)12(31,15(23,24)25)16(26,27)28/h10-12H,1,5-8H2,2-4H3;7-9,30-31H,1,3-5H2,2H3. The minimum atomic E-state index is -6.48. The Balaban J connectivity index is 0.000000673. The third kappa shape index (κ3) is 13.3. The summed E-state index contributed by atoms with van der Waals surface area (Å²) in [5.41, 5.74) is -21.9. The first-order valence-corrected chi connectivity index (χ1v) is 18.2. The number of hydrogen-bond acceptors (Lipinski definition) is 8. The van der Waals surface area contributed by atoms with Crippen LogP contribution in [-0.2, 0) is 28.5 Å². The van der Waals surface area contributed by atoms with Gasteiger partial charge in [-0.05, 0) is 51.4 Å². The Labute approximate surface area is 361 Å². The number of carbonyl (C=O) groups is 2. The Morgan fingerprint density at radius 3 is 1.10 bits per heavy atom. The second-order valence-corrected chi connectivity index (χ2v) is 16.1. The zero-order valence-corrected chi connectivity index (χ0v) is 34.2. The van der Waals surface area contributed by atoms with Crippen LogP contribution in [0.3, 0.4) is 0 Å². The van der Waals surface area contributed by atoms with Gasteiger partial charge in [0, 0.05) is 24.9 Å². The molecule has 32 heteroatoms. The molecule has 0 spiro atoms. The van der Waals surface area contributed by atoms with E-state index in [0.717, 1.165) is 0 Å². The first kappa shape index (κ1) is 61.6. The fourth-order valence-corrected chi connectivity index (χ4v) is 7.27. The van der Waals surface area contributed by atoms with E-state index in [-0.39, 0.29) is 6.92 Å². The molecule has 2 fully saturated rings. The van der Waals surface area contributed by atoms with Gasteiger partial charge in [-0.2, -0.15) is 105 Å². The van der Waals surface area contributed by atoms with E-state index in [9.17, 15) is 125 Å². The van der Waals surface area contributed by atoms with Crippen molar-refractivity contribution in [3.63, 3.8) is 0 Å². The van der Waals surface area contributed by atoms with Crippen molar-refractivity contribution in [2.24, 2.45) is 29.1 Å². The van der Waals surface area contributed by atoms with Crippen LogP contribution in [0.4, 0.5) is 105 Å². The van der Waals surface area contributed by atoms with Crippen molar-refractivity contribution >= 4 is 11.9 Å². The topological polar surface area (TPSA) is 112 Å². The average Bonchev–Trinajstić information content (AvgIpc) is 3.10. The molecular formula is C35H38F24O8. The fourth-order valence-electron chi connectivity index (χ4n) is 7.27. The number of aliphatic hydroxyl groups is 2. The maximum Gasteiger partial charge on any atom is 0.426 e. The zero-order valence-electron chi connectivity index (χ0n) is 34.2. The van der Waals surface area contributed by atoms with Crippen molar-refractivity contribution in [3.05, 3.63) is 24.3 Å². The minimum Gasteiger partial charge on any atom is -0.459 e. The van der Waals surface area contributed by atoms with Crippen LogP contribution in [-0.4, -0.2) is 114 Å². The molecule has 2 aliphatic carbocycles. The molecular weight excluding hydrogens is 1000 g/mol. The molecule has 2 saturated carbocycles. The van der Waals surface area contributed by atoms with Crippen molar-refractivity contribution in [1.82, 2.24) is 0 Å². The molecule has 67 heavy (non-hydrogen) atoms. The fraction of sp³-hybridized carbons (Fsp3) is 0.829. The summed E-state index contributed by atoms with van der Waals surface area (Å²) in [7, 11) is 0.696. The summed E-state index contributed by atoms with van der Waals surface area (Å²) < 4.78 is 336. The van der Waals surface area contributed by atoms with Gasteiger partial charge in [-0.15, -0.1) is 0 Å². The molecule has 0 heterocycles. The van der Waals surface area contributed by atoms with E-state index in [1.165, 1.54) is 0 Å². The van der Waals surface area contributed by atoms with Crippen LogP contribution in [0.25, 0.3) is 0 Å². The highest BCUT2D eigenvalue weighted by atomic mass is 19.4. The predicted molar refractivity (Wildman–Crippen MR) is 173 cm³/mol. The molecule has 7 atom stereocenters. The summed E-state index contributed by atoms with van der Waals surface area (Å²) in [5, 5.41) is 19.3. The molecule has 0 aromatic heterocycles. The zero-order chi connectivity index (χ0) is 53.6. The lowest BCUT2D eigenvalue weighted by Gasteiger charge is -2.49. The summed E-state index contributed by atoms with van der Waals surface area (Å²) in [5.74, 6) is -15.1. The average molecular weight is 1040 g/mol. The number of alkyl halides is 24. The van der Waals surface area contributed by atoms with E-state index >= 15 is 0 Å². The molecule has 0 aliphatic heterocycles. The van der Waals surface area contributed by atoms with Gasteiger partial charge in [-0.1, -0.05) is 27.0 Å². The molecule has 7 unspecified atom stereocenters. The smallest absolute Gasteiger partial charge is 0.426 e. The van der Waals surface area contributed by atoms with E-state index in [1.807, 2.05) is 0 Å². The lowest BCUT2D eigenvalue weighted by molar-refractivity contribution is -0.413. The second-order valence-electron chi connectivity index (χ2n) is 16.1. The molecule has 0 aromatic carbocycles. The van der Waals surface area contributed by atoms with Gasteiger partial charge in [0.1, 0.15) is 30.1 Å². The molecule has 2 aliphatic rings. The van der Waals surface area contributed by atoms with Gasteiger partial charge < -0.3 is 29.2 Å². The number of rotatable bonds is 11. The van der Waals surface area contributed by atoms with Gasteiger partial charge in [0.25, 0.3) is 11.2 Å². The van der Waals surface area contributed by atoms with Gasteiger partial charge in [0.15, 0.2) is 5.60 Å². The summed E-state index contributed by atoms with van der Waals surface area (Å²) >= 11 is 0. The number of methoxy groups -OCH3 is 1. The summed E-state index contributed by atoms with van der Waals surface area (Å²) in [6, 6.07) is 0. The van der Waals surface area contributed by atoms with Gasteiger partial charge in [-0.25, -0.2) is 9.59 Å². The van der Waals surface area contributed by atoms with Crippen molar-refractivity contribution in [2.75, 3.05) is 13.9 Å². The summed E-state index contributed by atoms with van der Waals surface area (Å²) in [4.78, 5) is 23.3. The quantitative estimate of drug-likeness (QED) is 0.0911. The molecule has 0 amide bonds. The molecule has 2 N–H and O–H groups in total. The van der Waals surface area contributed by atoms with Crippen LogP contribution in [0.2, 0.25) is 0 Å². The van der Waals surface area contributed by atoms with E-state index in [0.29, 0.717) is 21.0 Å². The van der Waals surface area contributed by atoms with Gasteiger partial charge in [-0.3, -0.25) is 0 Å². The Bertz CT molecular complexity index is 1700. The molecule has 0 saturated heterocycles. The third-order valence-electron chi connectivity index (χ3n) is 11.4. The Kier molecular flexibility index (Phi) is 18.2. The van der Waals surface area contributed by atoms with Crippen molar-refractivity contribution in [2.45, 2.75) is 138 Å². The number of halogens is 24. The van der Waals surface area contributed by atoms with E-state index < -0.39 is 176 Å². The Morgan fingerprint density at radius 2 is 0.806 bits per heavy atom. The number of ether oxygens (including phenoxy) is 4. The minimum absolute atomic E-state index is 0.0216. The molecule has 8 nitrogen and oxygen atoms in total. The molecule has 0 radical (unpaired) electrons. The molecule has 2 rings (SSSR count). The predicted octanol–water partition coefficient (Wildman–Crippen LogP) is 11.1. The summed E-state index contributed by atoms with van der Waals surface area (Å²) in [6.07, 6.45) is -59.8. The normalized spacial score (nSPS) is 24.4. The maximum atomic E-state index is 13.9. The van der Waals surface area contributed by atoms with Crippen molar-refractivity contribution in [1.29, 1.82) is 0 Å². The van der Waals surface area contributed by atoms with Gasteiger partial charge in [0.2, 0.25) is 0 Å². The third-order valence-corrected chi connectivity index (χ3v) is 11.4.